The van der Waals surface area contributed by atoms with Crippen LogP contribution in [0.2, 0.25) is 0 Å². The summed E-state index contributed by atoms with van der Waals surface area (Å²) in [6, 6.07) is 10.9. The number of methoxy groups -OCH3 is 1. The van der Waals surface area contributed by atoms with E-state index < -0.39 is 24.5 Å². The second-order valence-corrected chi connectivity index (χ2v) is 7.03. The average molecular weight is 451 g/mol. The maximum Gasteiger partial charge on any atom is 0.434 e. The van der Waals surface area contributed by atoms with Crippen LogP contribution < -0.4 is 9.47 Å². The van der Waals surface area contributed by atoms with Gasteiger partial charge in [0.05, 0.1) is 7.11 Å². The molecule has 1 heterocycles. The van der Waals surface area contributed by atoms with Crippen LogP contribution in [0.15, 0.2) is 36.4 Å². The molecule has 5 nitrogen and oxygen atoms in total. The van der Waals surface area contributed by atoms with E-state index in [-0.39, 0.29) is 32.0 Å². The Hall–Kier alpha value is -2.85. The number of fused-ring (bicyclic) bond motifs is 1. The summed E-state index contributed by atoms with van der Waals surface area (Å²) in [4.78, 5) is 12.6. The van der Waals surface area contributed by atoms with Crippen molar-refractivity contribution in [3.8, 4) is 11.5 Å². The maximum absolute atomic E-state index is 12.6. The van der Waals surface area contributed by atoms with Gasteiger partial charge in [0.25, 0.3) is 6.10 Å². The van der Waals surface area contributed by atoms with Gasteiger partial charge in [-0.3, -0.25) is 0 Å². The molecule has 0 aliphatic carbocycles. The number of halogens is 6. The highest BCUT2D eigenvalue weighted by Gasteiger charge is 2.60. The molecule has 0 bridgehead atoms. The number of carbonyl (C=O) groups is 1. The zero-order valence-electron chi connectivity index (χ0n) is 16.3. The maximum atomic E-state index is 12.6. The topological polar surface area (TPSA) is 48.0 Å². The molecule has 0 aromatic heterocycles. The second-order valence-electron chi connectivity index (χ2n) is 7.03. The summed E-state index contributed by atoms with van der Waals surface area (Å²) in [5.74, 6) is 1.23. The predicted octanol–water partition coefficient (Wildman–Crippen LogP) is 5.32. The number of alkyl halides is 6. The molecule has 2 aromatic rings. The first-order chi connectivity index (χ1) is 14.5. The summed E-state index contributed by atoms with van der Waals surface area (Å²) < 4.78 is 90.2. The minimum absolute atomic E-state index is 0.0899. The van der Waals surface area contributed by atoms with Gasteiger partial charge in [-0.25, -0.2) is 4.79 Å². The highest BCUT2D eigenvalue weighted by atomic mass is 19.4. The van der Waals surface area contributed by atoms with Crippen LogP contribution in [-0.4, -0.2) is 55.8 Å². The summed E-state index contributed by atoms with van der Waals surface area (Å²) in [6.45, 7) is -0.180. The van der Waals surface area contributed by atoms with Gasteiger partial charge in [0, 0.05) is 25.9 Å². The van der Waals surface area contributed by atoms with E-state index in [0.29, 0.717) is 11.5 Å². The number of nitrogens with zero attached hydrogens (tertiary/aromatic N) is 1. The molecule has 1 saturated heterocycles. The Kier molecular flexibility index (Phi) is 6.42. The van der Waals surface area contributed by atoms with Crippen molar-refractivity contribution in [2.24, 2.45) is 0 Å². The van der Waals surface area contributed by atoms with Gasteiger partial charge in [0.2, 0.25) is 0 Å². The van der Waals surface area contributed by atoms with Gasteiger partial charge in [0.1, 0.15) is 17.6 Å². The van der Waals surface area contributed by atoms with Crippen molar-refractivity contribution in [2.45, 2.75) is 37.4 Å². The molecule has 3 rings (SSSR count). The Morgan fingerprint density at radius 2 is 1.48 bits per heavy atom. The molecule has 11 heteroatoms. The molecule has 0 N–H and O–H groups in total. The molecular formula is C20H19F6NO4. The van der Waals surface area contributed by atoms with Gasteiger partial charge in [-0.15, -0.1) is 0 Å². The van der Waals surface area contributed by atoms with E-state index in [1.165, 1.54) is 0 Å². The molecule has 170 valence electrons. The van der Waals surface area contributed by atoms with Crippen LogP contribution >= 0.6 is 0 Å². The largest absolute Gasteiger partial charge is 0.497 e. The Balaban J connectivity index is 1.58. The quantitative estimate of drug-likeness (QED) is 0.591. The highest BCUT2D eigenvalue weighted by Crippen LogP contribution is 2.36. The van der Waals surface area contributed by atoms with Gasteiger partial charge in [-0.2, -0.15) is 26.3 Å². The van der Waals surface area contributed by atoms with Crippen molar-refractivity contribution in [3.63, 3.8) is 0 Å². The van der Waals surface area contributed by atoms with Crippen LogP contribution in [0.3, 0.4) is 0 Å². The van der Waals surface area contributed by atoms with Crippen LogP contribution in [0.4, 0.5) is 31.1 Å². The standard InChI is InChI=1S/C20H19F6NO4/c1-29-15-4-2-12-3-5-16(11-13(12)10-15)30-14-6-8-27(9-7-14)18(28)31-17(19(21,22)23)20(24,25)26/h2-5,10-11,14,17H,6-9H2,1H3. The molecule has 0 saturated carbocycles. The predicted molar refractivity (Wildman–Crippen MR) is 98.1 cm³/mol. The third-order valence-corrected chi connectivity index (χ3v) is 4.84. The third kappa shape index (κ3) is 5.65. The lowest BCUT2D eigenvalue weighted by atomic mass is 10.1. The zero-order valence-corrected chi connectivity index (χ0v) is 16.3. The Labute approximate surface area is 173 Å². The fourth-order valence-electron chi connectivity index (χ4n) is 3.25. The van der Waals surface area contributed by atoms with Crippen molar-refractivity contribution in [3.05, 3.63) is 36.4 Å². The van der Waals surface area contributed by atoms with Crippen LogP contribution in [-0.2, 0) is 4.74 Å². The third-order valence-electron chi connectivity index (χ3n) is 4.84. The molecule has 1 fully saturated rings. The number of carbonyl (C=O) groups excluding carboxylic acids is 1. The van der Waals surface area contributed by atoms with Crippen molar-refractivity contribution in [1.29, 1.82) is 0 Å². The number of hydrogen-bond donors (Lipinski definition) is 0. The number of benzene rings is 2. The van der Waals surface area contributed by atoms with Gasteiger partial charge in [-0.1, -0.05) is 12.1 Å². The Bertz CT molecular complexity index is 908. The van der Waals surface area contributed by atoms with Crippen LogP contribution in [0.1, 0.15) is 12.8 Å². The molecule has 1 aliphatic heterocycles. The fourth-order valence-corrected chi connectivity index (χ4v) is 3.25. The van der Waals surface area contributed by atoms with Crippen molar-refractivity contribution >= 4 is 16.9 Å². The van der Waals surface area contributed by atoms with E-state index in [0.717, 1.165) is 15.7 Å². The summed E-state index contributed by atoms with van der Waals surface area (Å²) >= 11 is 0. The minimum atomic E-state index is -5.74. The first-order valence-corrected chi connectivity index (χ1v) is 9.31. The highest BCUT2D eigenvalue weighted by molar-refractivity contribution is 5.85. The average Bonchev–Trinajstić information content (AvgIpc) is 2.70. The number of rotatable bonds is 4. The molecular weight excluding hydrogens is 432 g/mol. The molecule has 2 aromatic carbocycles. The van der Waals surface area contributed by atoms with Gasteiger partial charge >= 0.3 is 18.4 Å². The molecule has 1 amide bonds. The molecule has 0 spiro atoms. The lowest BCUT2D eigenvalue weighted by molar-refractivity contribution is -0.308. The van der Waals surface area contributed by atoms with Crippen molar-refractivity contribution < 1.29 is 45.3 Å². The number of likely N-dealkylation sites (tertiary alicyclic amines) is 1. The van der Waals surface area contributed by atoms with Crippen LogP contribution in [0.5, 0.6) is 11.5 Å². The first-order valence-electron chi connectivity index (χ1n) is 9.31. The van der Waals surface area contributed by atoms with Gasteiger partial charge < -0.3 is 19.1 Å². The summed E-state index contributed by atoms with van der Waals surface area (Å²) in [5, 5.41) is 1.85. The summed E-state index contributed by atoms with van der Waals surface area (Å²) in [7, 11) is 1.55. The van der Waals surface area contributed by atoms with E-state index >= 15 is 0 Å². The summed E-state index contributed by atoms with van der Waals surface area (Å²) in [6.07, 6.45) is -17.2. The second kappa shape index (κ2) is 8.72. The smallest absolute Gasteiger partial charge is 0.434 e. The SMILES string of the molecule is COc1ccc2ccc(OC3CCN(C(=O)OC(C(F)(F)F)C(F)(F)F)CC3)cc2c1. The van der Waals surface area contributed by atoms with Crippen molar-refractivity contribution in [1.82, 2.24) is 4.90 Å². The lowest BCUT2D eigenvalue weighted by Crippen LogP contribution is -2.50. The van der Waals surface area contributed by atoms with E-state index in [9.17, 15) is 31.1 Å². The van der Waals surface area contributed by atoms with Crippen LogP contribution in [0.25, 0.3) is 10.8 Å². The number of ether oxygens (including phenoxy) is 3. The van der Waals surface area contributed by atoms with Gasteiger partial charge in [-0.05, 0) is 35.0 Å². The fraction of sp³-hybridized carbons (Fsp3) is 0.450. The van der Waals surface area contributed by atoms with E-state index in [1.807, 2.05) is 24.3 Å². The monoisotopic (exact) mass is 451 g/mol. The number of amides is 1. The van der Waals surface area contributed by atoms with Crippen LogP contribution in [0, 0.1) is 0 Å². The van der Waals surface area contributed by atoms with E-state index in [1.54, 1.807) is 19.2 Å². The zero-order chi connectivity index (χ0) is 22.8. The summed E-state index contributed by atoms with van der Waals surface area (Å²) in [5.41, 5.74) is 0. The minimum Gasteiger partial charge on any atom is -0.497 e. The number of piperidine rings is 1. The normalized spacial score (nSPS) is 15.9. The molecule has 1 aliphatic rings. The molecule has 31 heavy (non-hydrogen) atoms. The number of hydrogen-bond acceptors (Lipinski definition) is 4. The van der Waals surface area contributed by atoms with Gasteiger partial charge in [0.15, 0.2) is 0 Å². The first kappa shape index (κ1) is 22.8. The Morgan fingerprint density at radius 1 is 0.935 bits per heavy atom. The molecule has 0 unspecified atom stereocenters. The Morgan fingerprint density at radius 3 is 2.03 bits per heavy atom. The molecule has 0 radical (unpaired) electrons. The van der Waals surface area contributed by atoms with E-state index in [2.05, 4.69) is 4.74 Å². The van der Waals surface area contributed by atoms with Crippen molar-refractivity contribution in [2.75, 3.05) is 20.2 Å². The molecule has 0 atom stereocenters. The lowest BCUT2D eigenvalue weighted by Gasteiger charge is -2.33. The van der Waals surface area contributed by atoms with E-state index in [4.69, 9.17) is 9.47 Å².